The van der Waals surface area contributed by atoms with Crippen molar-refractivity contribution in [3.8, 4) is 11.1 Å². The van der Waals surface area contributed by atoms with Crippen molar-refractivity contribution >= 4 is 57.4 Å². The fraction of sp³-hybridized carbons (Fsp3) is 0.400. The van der Waals surface area contributed by atoms with Crippen LogP contribution in [0.5, 0.6) is 0 Å². The Hall–Kier alpha value is -2.29. The minimum absolute atomic E-state index is 0. The SMILES string of the molecule is CCn1c(CN(C=O)c2nc(Br)cnc2N)[n+](CC)c2ccc(-c3cnn(C4CCNCC4)c3)cc21.Cl.[I-]. The molecule has 10 nitrogen and oxygen atoms in total. The number of rotatable bonds is 8. The molecule has 3 N–H and O–H groups in total. The minimum atomic E-state index is 0. The van der Waals surface area contributed by atoms with Crippen LogP contribution in [0.1, 0.15) is 38.6 Å². The summed E-state index contributed by atoms with van der Waals surface area (Å²) in [6.45, 7) is 8.12. The van der Waals surface area contributed by atoms with Gasteiger partial charge in [0.2, 0.25) is 6.41 Å². The van der Waals surface area contributed by atoms with Crippen LogP contribution in [0, 0.1) is 0 Å². The van der Waals surface area contributed by atoms with Crippen LogP contribution in [0.3, 0.4) is 0 Å². The van der Waals surface area contributed by atoms with Crippen LogP contribution in [-0.4, -0.2) is 43.8 Å². The van der Waals surface area contributed by atoms with Gasteiger partial charge >= 0.3 is 0 Å². The number of aromatic nitrogens is 6. The molecule has 1 saturated heterocycles. The van der Waals surface area contributed by atoms with Gasteiger partial charge in [0.05, 0.1) is 31.5 Å². The smallest absolute Gasteiger partial charge is 0.277 e. The van der Waals surface area contributed by atoms with Gasteiger partial charge in [-0.05, 0) is 79.5 Å². The summed E-state index contributed by atoms with van der Waals surface area (Å²) in [5.74, 6) is 1.53. The molecule has 1 aliphatic rings. The number of nitrogens with one attached hydrogen (secondary N) is 1. The van der Waals surface area contributed by atoms with E-state index in [1.807, 2.05) is 6.20 Å². The third kappa shape index (κ3) is 5.82. The van der Waals surface area contributed by atoms with Gasteiger partial charge in [0, 0.05) is 11.8 Å². The summed E-state index contributed by atoms with van der Waals surface area (Å²) in [6.07, 6.45) is 8.59. The van der Waals surface area contributed by atoms with E-state index in [1.165, 1.54) is 11.1 Å². The fourth-order valence-electron chi connectivity index (χ4n) is 5.10. The molecule has 0 atom stereocenters. The van der Waals surface area contributed by atoms with E-state index in [1.54, 1.807) is 0 Å². The van der Waals surface area contributed by atoms with Gasteiger partial charge in [0.25, 0.3) is 5.82 Å². The maximum atomic E-state index is 12.1. The number of aryl methyl sites for hydroxylation is 2. The molecule has 0 aliphatic carbocycles. The van der Waals surface area contributed by atoms with Crippen LogP contribution < -0.4 is 44.5 Å². The van der Waals surface area contributed by atoms with Gasteiger partial charge in [-0.15, -0.1) is 12.4 Å². The fourth-order valence-corrected chi connectivity index (χ4v) is 5.37. The summed E-state index contributed by atoms with van der Waals surface area (Å²) in [7, 11) is 0. The monoisotopic (exact) mass is 715 g/mol. The average molecular weight is 717 g/mol. The molecule has 204 valence electrons. The summed E-state index contributed by atoms with van der Waals surface area (Å²) in [6, 6.07) is 6.97. The Bertz CT molecular complexity index is 1400. The molecule has 5 rings (SSSR count). The zero-order valence-electron chi connectivity index (χ0n) is 21.3. The van der Waals surface area contributed by atoms with Crippen molar-refractivity contribution < 1.29 is 33.3 Å². The second-order valence-electron chi connectivity index (χ2n) is 8.93. The van der Waals surface area contributed by atoms with Crippen LogP contribution in [0.15, 0.2) is 41.4 Å². The molecular weight excluding hydrogens is 685 g/mol. The lowest BCUT2D eigenvalue weighted by atomic mass is 10.1. The molecule has 4 aromatic rings. The lowest BCUT2D eigenvalue weighted by Gasteiger charge is -2.22. The number of anilines is 2. The standard InChI is InChI=1S/C25H31BrN9O.ClH.HI/c1-3-33-20-6-5-17(18-12-30-35(14-18)19-7-9-28-10-8-19)11-21(20)34(4-2)23(33)15-32(16-36)25-24(27)29-13-22(26)31-25;;/h5-6,11-14,16,19,28H,3-4,7-10,15H2,1-2H3,(H2,27,29);2*1H/q+1;;/p-1. The second-order valence-corrected chi connectivity index (χ2v) is 9.75. The highest BCUT2D eigenvalue weighted by molar-refractivity contribution is 9.10. The summed E-state index contributed by atoms with van der Waals surface area (Å²) in [4.78, 5) is 22.2. The molecule has 3 aromatic heterocycles. The second kappa shape index (κ2) is 13.2. The Kier molecular flexibility index (Phi) is 10.5. The molecule has 1 aromatic carbocycles. The molecule has 0 unspecified atom stereocenters. The molecular formula is C25H32BrClIN9O. The lowest BCUT2D eigenvalue weighted by Crippen LogP contribution is -3.00. The highest BCUT2D eigenvalue weighted by atomic mass is 127. The number of nitrogen functional groups attached to an aromatic ring is 1. The van der Waals surface area contributed by atoms with Gasteiger partial charge in [0.15, 0.2) is 22.7 Å². The molecule has 4 heterocycles. The summed E-state index contributed by atoms with van der Waals surface area (Å²) >= 11 is 3.33. The Morgan fingerprint density at radius 1 is 1.24 bits per heavy atom. The lowest BCUT2D eigenvalue weighted by molar-refractivity contribution is -0.676. The summed E-state index contributed by atoms with van der Waals surface area (Å²) in [5.41, 5.74) is 10.5. The number of carbonyl (C=O) groups is 1. The minimum Gasteiger partial charge on any atom is -1.00 e. The topological polar surface area (TPSA) is 111 Å². The zero-order valence-corrected chi connectivity index (χ0v) is 25.9. The first-order chi connectivity index (χ1) is 17.5. The van der Waals surface area contributed by atoms with Crippen molar-refractivity contribution in [1.29, 1.82) is 0 Å². The first-order valence-corrected chi connectivity index (χ1v) is 13.1. The van der Waals surface area contributed by atoms with E-state index in [0.717, 1.165) is 73.4 Å². The highest BCUT2D eigenvalue weighted by Gasteiger charge is 2.27. The first kappa shape index (κ1) is 30.3. The zero-order chi connectivity index (χ0) is 25.2. The normalized spacial score (nSPS) is 13.7. The van der Waals surface area contributed by atoms with Crippen molar-refractivity contribution in [2.75, 3.05) is 23.7 Å². The number of carbonyl (C=O) groups excluding carboxylic acids is 1. The van der Waals surface area contributed by atoms with Crippen LogP contribution in [0.25, 0.3) is 22.2 Å². The first-order valence-electron chi connectivity index (χ1n) is 12.3. The molecule has 1 fully saturated rings. The van der Waals surface area contributed by atoms with Crippen molar-refractivity contribution in [3.63, 3.8) is 0 Å². The molecule has 13 heteroatoms. The number of nitrogens with zero attached hydrogens (tertiary/aromatic N) is 7. The quantitative estimate of drug-likeness (QED) is 0.156. The number of imidazole rings is 1. The third-order valence-corrected chi connectivity index (χ3v) is 7.28. The van der Waals surface area contributed by atoms with Gasteiger partial charge < -0.3 is 35.0 Å². The Morgan fingerprint density at radius 3 is 2.68 bits per heavy atom. The number of nitrogens with two attached hydrogens (primary N) is 1. The molecule has 0 bridgehead atoms. The van der Waals surface area contributed by atoms with Crippen molar-refractivity contribution in [2.24, 2.45) is 0 Å². The number of amides is 1. The van der Waals surface area contributed by atoms with Gasteiger partial charge in [0.1, 0.15) is 11.1 Å². The maximum Gasteiger partial charge on any atom is 0.277 e. The molecule has 1 aliphatic heterocycles. The van der Waals surface area contributed by atoms with E-state index in [9.17, 15) is 4.79 Å². The van der Waals surface area contributed by atoms with Gasteiger partial charge in [-0.25, -0.2) is 19.1 Å². The van der Waals surface area contributed by atoms with Crippen LogP contribution >= 0.6 is 28.3 Å². The molecule has 38 heavy (non-hydrogen) atoms. The van der Waals surface area contributed by atoms with Crippen molar-refractivity contribution in [1.82, 2.24) is 29.6 Å². The summed E-state index contributed by atoms with van der Waals surface area (Å²) in [5, 5.41) is 8.09. The molecule has 0 spiro atoms. The Balaban J connectivity index is 0.00000200. The Labute approximate surface area is 253 Å². The van der Waals surface area contributed by atoms with E-state index in [-0.39, 0.29) is 42.2 Å². The largest absolute Gasteiger partial charge is 1.00 e. The van der Waals surface area contributed by atoms with Gasteiger partial charge in [-0.1, -0.05) is 0 Å². The summed E-state index contributed by atoms with van der Waals surface area (Å²) < 4.78 is 7.12. The number of benzene rings is 1. The van der Waals surface area contributed by atoms with E-state index >= 15 is 0 Å². The Morgan fingerprint density at radius 2 is 2.00 bits per heavy atom. The third-order valence-electron chi connectivity index (χ3n) is 6.89. The predicted molar refractivity (Wildman–Crippen MR) is 149 cm³/mol. The maximum absolute atomic E-state index is 12.1. The van der Waals surface area contributed by atoms with Crippen molar-refractivity contribution in [3.05, 3.63) is 47.2 Å². The molecule has 1 amide bonds. The number of hydrogen-bond donors (Lipinski definition) is 2. The van der Waals surface area contributed by atoms with Gasteiger partial charge in [-0.3, -0.25) is 14.4 Å². The predicted octanol–water partition coefficient (Wildman–Crippen LogP) is 0.480. The van der Waals surface area contributed by atoms with E-state index in [0.29, 0.717) is 23.0 Å². The highest BCUT2D eigenvalue weighted by Crippen LogP contribution is 2.28. The average Bonchev–Trinajstić information content (AvgIpc) is 3.51. The van der Waals surface area contributed by atoms with E-state index in [4.69, 9.17) is 5.73 Å². The number of piperidine rings is 1. The van der Waals surface area contributed by atoms with Crippen molar-refractivity contribution in [2.45, 2.75) is 52.4 Å². The van der Waals surface area contributed by atoms with Gasteiger partial charge in [-0.2, -0.15) is 5.10 Å². The molecule has 0 saturated carbocycles. The van der Waals surface area contributed by atoms with Crippen LogP contribution in [0.2, 0.25) is 0 Å². The van der Waals surface area contributed by atoms with E-state index < -0.39 is 0 Å². The number of halogens is 3. The number of hydrogen-bond acceptors (Lipinski definition) is 6. The van der Waals surface area contributed by atoms with E-state index in [2.05, 4.69) is 88.4 Å². The van der Waals surface area contributed by atoms with Crippen LogP contribution in [-0.2, 0) is 24.4 Å². The number of fused-ring (bicyclic) bond motifs is 1. The van der Waals surface area contributed by atoms with Crippen LogP contribution in [0.4, 0.5) is 11.6 Å². The molecule has 0 radical (unpaired) electrons.